The second-order valence-electron chi connectivity index (χ2n) is 5.18. The summed E-state index contributed by atoms with van der Waals surface area (Å²) >= 11 is 0. The van der Waals surface area contributed by atoms with E-state index in [9.17, 15) is 4.79 Å². The molecule has 0 unspecified atom stereocenters. The molecule has 118 valence electrons. The van der Waals surface area contributed by atoms with Crippen molar-refractivity contribution in [2.45, 2.75) is 0 Å². The van der Waals surface area contributed by atoms with E-state index in [4.69, 9.17) is 5.73 Å². The van der Waals surface area contributed by atoms with Gasteiger partial charge in [-0.1, -0.05) is 60.1 Å². The molecule has 1 aromatic heterocycles. The number of benzene rings is 2. The Kier molecular flexibility index (Phi) is 4.90. The summed E-state index contributed by atoms with van der Waals surface area (Å²) in [4.78, 5) is 15.8. The molecule has 3 rings (SSSR count). The van der Waals surface area contributed by atoms with Crippen LogP contribution in [0.1, 0.15) is 32.7 Å². The van der Waals surface area contributed by atoms with E-state index < -0.39 is 5.91 Å². The molecular formula is C22H14N2O. The molecule has 3 nitrogen and oxygen atoms in total. The van der Waals surface area contributed by atoms with E-state index in [0.29, 0.717) is 11.1 Å². The number of primary amides is 1. The first-order valence-corrected chi connectivity index (χ1v) is 7.67. The number of pyridine rings is 1. The van der Waals surface area contributed by atoms with Crippen LogP contribution < -0.4 is 5.73 Å². The van der Waals surface area contributed by atoms with Gasteiger partial charge in [0.15, 0.2) is 0 Å². The third-order valence-electron chi connectivity index (χ3n) is 3.41. The number of carbonyl (C=O) groups excluding carboxylic acids is 1. The molecule has 0 aliphatic rings. The van der Waals surface area contributed by atoms with Gasteiger partial charge in [0.25, 0.3) is 5.91 Å². The van der Waals surface area contributed by atoms with Crippen LogP contribution in [0.15, 0.2) is 72.9 Å². The smallest absolute Gasteiger partial charge is 0.268 e. The van der Waals surface area contributed by atoms with Crippen molar-refractivity contribution in [3.63, 3.8) is 0 Å². The minimum Gasteiger partial charge on any atom is -0.364 e. The Hall–Kier alpha value is -3.82. The first-order chi connectivity index (χ1) is 12.2. The number of nitrogens with two attached hydrogens (primary N) is 1. The predicted octanol–water partition coefficient (Wildman–Crippen LogP) is 2.98. The van der Waals surface area contributed by atoms with E-state index in [1.165, 1.54) is 6.20 Å². The van der Waals surface area contributed by atoms with Gasteiger partial charge in [0, 0.05) is 22.9 Å². The molecule has 3 aromatic rings. The van der Waals surface area contributed by atoms with Crippen molar-refractivity contribution in [2.24, 2.45) is 5.73 Å². The lowest BCUT2D eigenvalue weighted by atomic mass is 10.1. The lowest BCUT2D eigenvalue weighted by molar-refractivity contribution is 0.0995. The van der Waals surface area contributed by atoms with Crippen LogP contribution in [0, 0.1) is 23.7 Å². The lowest BCUT2D eigenvalue weighted by Crippen LogP contribution is -2.15. The standard InChI is InChI=1S/C22H14N2O/c23-22(25)21-20(14-12-18-9-5-2-6-10-18)19(15-16-24-21)13-11-17-7-3-1-4-8-17/h1-10,15-16H,(H2,23,25). The highest BCUT2D eigenvalue weighted by molar-refractivity contribution is 5.94. The zero-order valence-corrected chi connectivity index (χ0v) is 13.4. The summed E-state index contributed by atoms with van der Waals surface area (Å²) < 4.78 is 0. The van der Waals surface area contributed by atoms with Crippen molar-refractivity contribution >= 4 is 5.91 Å². The lowest BCUT2D eigenvalue weighted by Gasteiger charge is -2.02. The normalized spacial score (nSPS) is 9.28. The molecule has 1 heterocycles. The monoisotopic (exact) mass is 322 g/mol. The number of amides is 1. The SMILES string of the molecule is NC(=O)c1nccc(C#Cc2ccccc2)c1C#Cc1ccccc1. The maximum Gasteiger partial charge on any atom is 0.268 e. The number of rotatable bonds is 1. The van der Waals surface area contributed by atoms with Gasteiger partial charge in [-0.05, 0) is 30.3 Å². The van der Waals surface area contributed by atoms with E-state index in [1.54, 1.807) is 6.07 Å². The Morgan fingerprint density at radius 2 is 1.32 bits per heavy atom. The third kappa shape index (κ3) is 4.13. The summed E-state index contributed by atoms with van der Waals surface area (Å²) in [6, 6.07) is 20.8. The van der Waals surface area contributed by atoms with Crippen LogP contribution in [0.4, 0.5) is 0 Å². The maximum absolute atomic E-state index is 11.7. The minimum atomic E-state index is -0.624. The molecule has 1 amide bonds. The second-order valence-corrected chi connectivity index (χ2v) is 5.18. The van der Waals surface area contributed by atoms with E-state index in [-0.39, 0.29) is 5.69 Å². The van der Waals surface area contributed by atoms with Crippen LogP contribution >= 0.6 is 0 Å². The first kappa shape index (κ1) is 16.1. The molecule has 0 bridgehead atoms. The molecule has 0 aliphatic heterocycles. The van der Waals surface area contributed by atoms with Crippen molar-refractivity contribution in [1.29, 1.82) is 0 Å². The van der Waals surface area contributed by atoms with Crippen molar-refractivity contribution in [3.8, 4) is 23.7 Å². The molecule has 2 N–H and O–H groups in total. The maximum atomic E-state index is 11.7. The molecule has 2 aromatic carbocycles. The van der Waals surface area contributed by atoms with E-state index in [1.807, 2.05) is 60.7 Å². The molecule has 0 saturated heterocycles. The van der Waals surface area contributed by atoms with Gasteiger partial charge >= 0.3 is 0 Å². The number of nitrogens with zero attached hydrogens (tertiary/aromatic N) is 1. The number of hydrogen-bond acceptors (Lipinski definition) is 2. The molecule has 0 aliphatic carbocycles. The van der Waals surface area contributed by atoms with Gasteiger partial charge in [0.1, 0.15) is 5.69 Å². The summed E-state index contributed by atoms with van der Waals surface area (Å²) in [5.41, 5.74) is 8.35. The predicted molar refractivity (Wildman–Crippen MR) is 97.6 cm³/mol. The third-order valence-corrected chi connectivity index (χ3v) is 3.41. The van der Waals surface area contributed by atoms with Crippen molar-refractivity contribution < 1.29 is 4.79 Å². The fourth-order valence-corrected chi connectivity index (χ4v) is 2.20. The highest BCUT2D eigenvalue weighted by atomic mass is 16.1. The topological polar surface area (TPSA) is 56.0 Å². The van der Waals surface area contributed by atoms with Crippen LogP contribution in [-0.4, -0.2) is 10.9 Å². The summed E-state index contributed by atoms with van der Waals surface area (Å²) in [5, 5.41) is 0. The largest absolute Gasteiger partial charge is 0.364 e. The number of aromatic nitrogens is 1. The van der Waals surface area contributed by atoms with Gasteiger partial charge in [-0.3, -0.25) is 4.79 Å². The van der Waals surface area contributed by atoms with Gasteiger partial charge in [0.2, 0.25) is 0 Å². The fraction of sp³-hybridized carbons (Fsp3) is 0. The first-order valence-electron chi connectivity index (χ1n) is 7.67. The Morgan fingerprint density at radius 1 is 0.760 bits per heavy atom. The minimum absolute atomic E-state index is 0.128. The number of hydrogen-bond donors (Lipinski definition) is 1. The summed E-state index contributed by atoms with van der Waals surface area (Å²) in [6.45, 7) is 0. The summed E-state index contributed by atoms with van der Waals surface area (Å²) in [7, 11) is 0. The molecule has 0 spiro atoms. The highest BCUT2D eigenvalue weighted by Crippen LogP contribution is 2.11. The van der Waals surface area contributed by atoms with Gasteiger partial charge in [-0.25, -0.2) is 4.98 Å². The summed E-state index contributed by atoms with van der Waals surface area (Å²) in [5.74, 6) is 11.5. The molecule has 0 atom stereocenters. The molecular weight excluding hydrogens is 308 g/mol. The second kappa shape index (κ2) is 7.64. The van der Waals surface area contributed by atoms with Gasteiger partial charge in [-0.15, -0.1) is 0 Å². The average molecular weight is 322 g/mol. The molecule has 0 fully saturated rings. The summed E-state index contributed by atoms with van der Waals surface area (Å²) in [6.07, 6.45) is 1.52. The van der Waals surface area contributed by atoms with Gasteiger partial charge < -0.3 is 5.73 Å². The zero-order valence-electron chi connectivity index (χ0n) is 13.4. The van der Waals surface area contributed by atoms with Crippen LogP contribution in [0.25, 0.3) is 0 Å². The van der Waals surface area contributed by atoms with Crippen LogP contribution in [-0.2, 0) is 0 Å². The van der Waals surface area contributed by atoms with Crippen molar-refractivity contribution in [1.82, 2.24) is 4.98 Å². The molecule has 3 heteroatoms. The van der Waals surface area contributed by atoms with Crippen molar-refractivity contribution in [2.75, 3.05) is 0 Å². The zero-order chi connectivity index (χ0) is 17.5. The molecule has 0 radical (unpaired) electrons. The Morgan fingerprint density at radius 3 is 1.88 bits per heavy atom. The molecule has 25 heavy (non-hydrogen) atoms. The van der Waals surface area contributed by atoms with Crippen LogP contribution in [0.3, 0.4) is 0 Å². The Balaban J connectivity index is 2.08. The van der Waals surface area contributed by atoms with Crippen LogP contribution in [0.2, 0.25) is 0 Å². The molecule has 0 saturated carbocycles. The average Bonchev–Trinajstić information content (AvgIpc) is 2.66. The van der Waals surface area contributed by atoms with Gasteiger partial charge in [0.05, 0.1) is 5.56 Å². The van der Waals surface area contributed by atoms with E-state index >= 15 is 0 Å². The Bertz CT molecular complexity index is 1020. The number of carbonyl (C=O) groups is 1. The fourth-order valence-electron chi connectivity index (χ4n) is 2.20. The quantitative estimate of drug-likeness (QED) is 0.700. The van der Waals surface area contributed by atoms with Gasteiger partial charge in [-0.2, -0.15) is 0 Å². The highest BCUT2D eigenvalue weighted by Gasteiger charge is 2.11. The van der Waals surface area contributed by atoms with Crippen LogP contribution in [0.5, 0.6) is 0 Å². The Labute approximate surface area is 146 Å². The van der Waals surface area contributed by atoms with E-state index in [0.717, 1.165) is 11.1 Å². The van der Waals surface area contributed by atoms with Crippen molar-refractivity contribution in [3.05, 3.63) is 101 Å². The van der Waals surface area contributed by atoms with E-state index in [2.05, 4.69) is 28.7 Å².